The molecule has 8 nitrogen and oxygen atoms in total. The van der Waals surface area contributed by atoms with E-state index in [1.807, 2.05) is 0 Å². The molecule has 0 radical (unpaired) electrons. The third kappa shape index (κ3) is 5.05. The molecular weight excluding hydrogens is 369 g/mol. The van der Waals surface area contributed by atoms with Crippen LogP contribution in [0.3, 0.4) is 0 Å². The quantitative estimate of drug-likeness (QED) is 0.637. The molecule has 1 fully saturated rings. The van der Waals surface area contributed by atoms with Gasteiger partial charge < -0.3 is 20.6 Å². The molecule has 1 aromatic rings. The zero-order valence-corrected chi connectivity index (χ0v) is 15.9. The number of nitrogens with one attached hydrogen (secondary N) is 2. The topological polar surface area (TPSA) is 116 Å². The summed E-state index contributed by atoms with van der Waals surface area (Å²) in [5.74, 6) is -3.92. The fourth-order valence-electron chi connectivity index (χ4n) is 2.94. The second-order valence-corrected chi connectivity index (χ2v) is 7.18. The lowest BCUT2D eigenvalue weighted by atomic mass is 10.0. The Hall–Kier alpha value is -2.97. The molecule has 0 saturated carbocycles. The Kier molecular flexibility index (Phi) is 6.71. The molecule has 2 rings (SSSR count). The minimum absolute atomic E-state index is 0.0265. The van der Waals surface area contributed by atoms with Crippen molar-refractivity contribution in [1.29, 1.82) is 0 Å². The zero-order valence-electron chi connectivity index (χ0n) is 15.9. The number of halogens is 1. The lowest BCUT2D eigenvalue weighted by Crippen LogP contribution is -2.52. The van der Waals surface area contributed by atoms with Gasteiger partial charge in [-0.15, -0.1) is 0 Å². The highest BCUT2D eigenvalue weighted by atomic mass is 19.1. The van der Waals surface area contributed by atoms with Crippen LogP contribution in [0, 0.1) is 17.7 Å². The number of benzene rings is 1. The van der Waals surface area contributed by atoms with Crippen molar-refractivity contribution in [3.05, 3.63) is 30.1 Å². The molecule has 3 amide bonds. The summed E-state index contributed by atoms with van der Waals surface area (Å²) < 4.78 is 13.0. The summed E-state index contributed by atoms with van der Waals surface area (Å²) in [5.41, 5.74) is 0.494. The number of hydrogen-bond donors (Lipinski definition) is 3. The molecule has 1 aliphatic heterocycles. The van der Waals surface area contributed by atoms with Crippen molar-refractivity contribution in [2.45, 2.75) is 39.3 Å². The first-order chi connectivity index (χ1) is 13.1. The fraction of sp³-hybridized carbons (Fsp3) is 0.474. The molecule has 1 heterocycles. The van der Waals surface area contributed by atoms with Gasteiger partial charge in [-0.1, -0.05) is 13.8 Å². The van der Waals surface area contributed by atoms with Crippen molar-refractivity contribution in [3.63, 3.8) is 0 Å². The van der Waals surface area contributed by atoms with Crippen LogP contribution in [0.15, 0.2) is 24.3 Å². The van der Waals surface area contributed by atoms with Gasteiger partial charge >= 0.3 is 5.97 Å². The number of carboxylic acids is 1. The Morgan fingerprint density at radius 2 is 1.75 bits per heavy atom. The molecule has 0 aromatic heterocycles. The second-order valence-electron chi connectivity index (χ2n) is 7.18. The Morgan fingerprint density at radius 1 is 1.14 bits per heavy atom. The predicted octanol–water partition coefficient (Wildman–Crippen LogP) is 0.909. The summed E-state index contributed by atoms with van der Waals surface area (Å²) in [7, 11) is 0. The lowest BCUT2D eigenvalue weighted by Gasteiger charge is -2.22. The molecule has 3 atom stereocenters. The molecular formula is C19H24FN3O5. The van der Waals surface area contributed by atoms with E-state index in [2.05, 4.69) is 10.6 Å². The largest absolute Gasteiger partial charge is 0.480 e. The van der Waals surface area contributed by atoms with E-state index in [-0.39, 0.29) is 24.8 Å². The Bertz CT molecular complexity index is 765. The average molecular weight is 393 g/mol. The average Bonchev–Trinajstić information content (AvgIpc) is 3.01. The van der Waals surface area contributed by atoms with Crippen LogP contribution < -0.4 is 15.5 Å². The van der Waals surface area contributed by atoms with Crippen LogP contribution in [0.5, 0.6) is 0 Å². The van der Waals surface area contributed by atoms with Crippen molar-refractivity contribution in [1.82, 2.24) is 10.6 Å². The third-order valence-electron chi connectivity index (χ3n) is 4.62. The summed E-state index contributed by atoms with van der Waals surface area (Å²) in [6.07, 6.45) is -0.0265. The van der Waals surface area contributed by atoms with Crippen molar-refractivity contribution in [3.8, 4) is 0 Å². The SMILES string of the molecule is CC(NC(=O)C1CC(=O)N(c2ccc(F)cc2)C1)C(=O)NC(C(=O)O)C(C)C. The molecule has 3 unspecified atom stereocenters. The van der Waals surface area contributed by atoms with Crippen molar-refractivity contribution in [2.24, 2.45) is 11.8 Å². The zero-order chi connectivity index (χ0) is 21.0. The van der Waals surface area contributed by atoms with Gasteiger partial charge in [-0.3, -0.25) is 14.4 Å². The van der Waals surface area contributed by atoms with Crippen LogP contribution in [-0.4, -0.2) is 47.4 Å². The monoisotopic (exact) mass is 393 g/mol. The van der Waals surface area contributed by atoms with Gasteiger partial charge in [-0.05, 0) is 37.1 Å². The Balaban J connectivity index is 1.95. The normalized spacial score (nSPS) is 18.7. The van der Waals surface area contributed by atoms with Crippen molar-refractivity contribution < 1.29 is 28.7 Å². The molecule has 0 bridgehead atoms. The maximum Gasteiger partial charge on any atom is 0.326 e. The number of aliphatic carboxylic acids is 1. The van der Waals surface area contributed by atoms with E-state index in [9.17, 15) is 23.6 Å². The number of carboxylic acid groups (broad SMARTS) is 1. The number of anilines is 1. The minimum Gasteiger partial charge on any atom is -0.480 e. The van der Waals surface area contributed by atoms with Crippen LogP contribution in [-0.2, 0) is 19.2 Å². The number of hydrogen-bond acceptors (Lipinski definition) is 4. The second kappa shape index (κ2) is 8.81. The van der Waals surface area contributed by atoms with Gasteiger partial charge in [0.2, 0.25) is 17.7 Å². The molecule has 9 heteroatoms. The van der Waals surface area contributed by atoms with Crippen LogP contribution in [0.4, 0.5) is 10.1 Å². The Labute approximate surface area is 162 Å². The van der Waals surface area contributed by atoms with Gasteiger partial charge in [0.25, 0.3) is 0 Å². The first-order valence-corrected chi connectivity index (χ1v) is 8.99. The minimum atomic E-state index is -1.15. The molecule has 152 valence electrons. The van der Waals surface area contributed by atoms with E-state index >= 15 is 0 Å². The number of amides is 3. The third-order valence-corrected chi connectivity index (χ3v) is 4.62. The van der Waals surface area contributed by atoms with Crippen LogP contribution in [0.1, 0.15) is 27.2 Å². The van der Waals surface area contributed by atoms with Gasteiger partial charge in [0.05, 0.1) is 5.92 Å². The maximum atomic E-state index is 13.0. The molecule has 3 N–H and O–H groups in total. The summed E-state index contributed by atoms with van der Waals surface area (Å²) >= 11 is 0. The van der Waals surface area contributed by atoms with Gasteiger partial charge in [0.1, 0.15) is 17.9 Å². The molecule has 0 aliphatic carbocycles. The highest BCUT2D eigenvalue weighted by molar-refractivity contribution is 6.01. The molecule has 1 aromatic carbocycles. The molecule has 28 heavy (non-hydrogen) atoms. The van der Waals surface area contributed by atoms with E-state index in [0.29, 0.717) is 5.69 Å². The summed E-state index contributed by atoms with van der Waals surface area (Å²) in [4.78, 5) is 49.4. The van der Waals surface area contributed by atoms with E-state index in [4.69, 9.17) is 5.11 Å². The fourth-order valence-corrected chi connectivity index (χ4v) is 2.94. The smallest absolute Gasteiger partial charge is 0.326 e. The Morgan fingerprint density at radius 3 is 2.29 bits per heavy atom. The molecule has 1 aliphatic rings. The first-order valence-electron chi connectivity index (χ1n) is 8.99. The van der Waals surface area contributed by atoms with E-state index in [0.717, 1.165) is 0 Å². The van der Waals surface area contributed by atoms with Crippen molar-refractivity contribution in [2.75, 3.05) is 11.4 Å². The first kappa shape index (κ1) is 21.3. The highest BCUT2D eigenvalue weighted by Crippen LogP contribution is 2.25. The number of carbonyl (C=O) groups is 4. The number of carbonyl (C=O) groups excluding carboxylic acids is 3. The predicted molar refractivity (Wildman–Crippen MR) is 98.9 cm³/mol. The van der Waals surface area contributed by atoms with Crippen LogP contribution in [0.2, 0.25) is 0 Å². The maximum absolute atomic E-state index is 13.0. The lowest BCUT2D eigenvalue weighted by molar-refractivity contribution is -0.143. The standard InChI is InChI=1S/C19H24FN3O5/c1-10(2)16(19(27)28)22-17(25)11(3)21-18(26)12-8-15(24)23(9-12)14-6-4-13(20)5-7-14/h4-7,10-12,16H,8-9H2,1-3H3,(H,21,26)(H,22,25)(H,27,28). The van der Waals surface area contributed by atoms with E-state index in [1.165, 1.54) is 36.1 Å². The number of nitrogens with zero attached hydrogens (tertiary/aromatic N) is 1. The van der Waals surface area contributed by atoms with Crippen LogP contribution in [0.25, 0.3) is 0 Å². The summed E-state index contributed by atoms with van der Waals surface area (Å²) in [6.45, 7) is 4.89. The summed E-state index contributed by atoms with van der Waals surface area (Å²) in [6, 6.07) is 3.37. The molecule has 1 saturated heterocycles. The van der Waals surface area contributed by atoms with Crippen molar-refractivity contribution >= 4 is 29.4 Å². The number of rotatable bonds is 7. The van der Waals surface area contributed by atoms with E-state index < -0.39 is 41.6 Å². The van der Waals surface area contributed by atoms with Crippen LogP contribution >= 0.6 is 0 Å². The van der Waals surface area contributed by atoms with Gasteiger partial charge in [-0.2, -0.15) is 0 Å². The van der Waals surface area contributed by atoms with Gasteiger partial charge in [0, 0.05) is 18.7 Å². The summed E-state index contributed by atoms with van der Waals surface area (Å²) in [5, 5.41) is 14.1. The van der Waals surface area contributed by atoms with Gasteiger partial charge in [0.15, 0.2) is 0 Å². The van der Waals surface area contributed by atoms with Gasteiger partial charge in [-0.25, -0.2) is 9.18 Å². The van der Waals surface area contributed by atoms with E-state index in [1.54, 1.807) is 13.8 Å². The highest BCUT2D eigenvalue weighted by Gasteiger charge is 2.36. The molecule has 0 spiro atoms.